The Morgan fingerprint density at radius 2 is 1.90 bits per heavy atom. The van der Waals surface area contributed by atoms with Crippen LogP contribution in [0, 0.1) is 0 Å². The van der Waals surface area contributed by atoms with Gasteiger partial charge in [0.1, 0.15) is 11.6 Å². The number of benzene rings is 1. The maximum Gasteiger partial charge on any atom is 0.426 e. The van der Waals surface area contributed by atoms with Crippen LogP contribution in [0.3, 0.4) is 0 Å². The zero-order valence-electron chi connectivity index (χ0n) is 16.3. The Morgan fingerprint density at radius 1 is 1.17 bits per heavy atom. The molecule has 2 aliphatic heterocycles. The molecule has 0 saturated carbocycles. The molecular weight excluding hydrogens is 380 g/mol. The maximum absolute atomic E-state index is 12.6. The average molecular weight is 402 g/mol. The topological polar surface area (TPSA) is 134 Å². The predicted octanol–water partition coefficient (Wildman–Crippen LogP) is 0.617. The second-order valence-electron chi connectivity index (χ2n) is 7.85. The summed E-state index contributed by atoms with van der Waals surface area (Å²) >= 11 is 0. The number of nitrogens with zero attached hydrogens (tertiary/aromatic N) is 1. The molecule has 0 aliphatic carbocycles. The molecular formula is C19H22N4O6. The lowest BCUT2D eigenvalue weighted by atomic mass is 10.0. The summed E-state index contributed by atoms with van der Waals surface area (Å²) in [6.07, 6.45) is -0.371. The van der Waals surface area contributed by atoms with Crippen LogP contribution in [0.1, 0.15) is 59.9 Å². The number of rotatable bonds is 2. The molecule has 2 heterocycles. The number of hydrogen-bond donors (Lipinski definition) is 3. The molecule has 10 nitrogen and oxygen atoms in total. The fourth-order valence-electron chi connectivity index (χ4n) is 3.20. The van der Waals surface area contributed by atoms with E-state index in [9.17, 15) is 24.0 Å². The van der Waals surface area contributed by atoms with Crippen molar-refractivity contribution in [3.8, 4) is 0 Å². The molecule has 5 amide bonds. The van der Waals surface area contributed by atoms with E-state index < -0.39 is 29.6 Å². The Bertz CT molecular complexity index is 904. The molecule has 0 aromatic heterocycles. The first-order chi connectivity index (χ1) is 13.5. The van der Waals surface area contributed by atoms with Crippen LogP contribution in [0.2, 0.25) is 0 Å². The number of ether oxygens (including phenoxy) is 1. The number of piperidine rings is 1. The van der Waals surface area contributed by atoms with Crippen molar-refractivity contribution in [2.24, 2.45) is 0 Å². The third-order valence-electron chi connectivity index (χ3n) is 4.46. The number of nitrogens with one attached hydrogen (secondary N) is 3. The van der Waals surface area contributed by atoms with E-state index in [0.29, 0.717) is 11.1 Å². The van der Waals surface area contributed by atoms with E-state index in [1.54, 1.807) is 20.8 Å². The molecule has 1 fully saturated rings. The van der Waals surface area contributed by atoms with Gasteiger partial charge in [-0.2, -0.15) is 0 Å². The molecule has 3 N–H and O–H groups in total. The van der Waals surface area contributed by atoms with Crippen LogP contribution in [0.15, 0.2) is 18.2 Å². The first-order valence-electron chi connectivity index (χ1n) is 9.12. The minimum atomic E-state index is -0.800. The molecule has 154 valence electrons. The highest BCUT2D eigenvalue weighted by molar-refractivity contribution is 6.06. The largest absolute Gasteiger partial charge is 0.443 e. The van der Waals surface area contributed by atoms with Gasteiger partial charge in [-0.3, -0.25) is 29.9 Å². The summed E-state index contributed by atoms with van der Waals surface area (Å²) in [5, 5.41) is 2.24. The normalized spacial score (nSPS) is 18.8. The minimum absolute atomic E-state index is 0.154. The summed E-state index contributed by atoms with van der Waals surface area (Å²) in [7, 11) is 0. The second kappa shape index (κ2) is 7.53. The number of fused-ring (bicyclic) bond motifs is 1. The van der Waals surface area contributed by atoms with Crippen molar-refractivity contribution >= 4 is 29.7 Å². The van der Waals surface area contributed by atoms with Crippen molar-refractivity contribution in [1.29, 1.82) is 0 Å². The van der Waals surface area contributed by atoms with Gasteiger partial charge in [0.05, 0.1) is 0 Å². The first kappa shape index (κ1) is 20.3. The Hall–Kier alpha value is -3.43. The number of carbonyl (C=O) groups is 5. The molecule has 2 aliphatic rings. The molecule has 1 unspecified atom stereocenters. The lowest BCUT2D eigenvalue weighted by molar-refractivity contribution is -0.136. The molecule has 29 heavy (non-hydrogen) atoms. The van der Waals surface area contributed by atoms with Crippen LogP contribution >= 0.6 is 0 Å². The Kier molecular flexibility index (Phi) is 5.27. The van der Waals surface area contributed by atoms with E-state index in [2.05, 4.69) is 16.2 Å². The molecule has 10 heteroatoms. The van der Waals surface area contributed by atoms with Gasteiger partial charge >= 0.3 is 6.09 Å². The molecule has 0 bridgehead atoms. The summed E-state index contributed by atoms with van der Waals surface area (Å²) in [5.41, 5.74) is 4.92. The second-order valence-corrected chi connectivity index (χ2v) is 7.85. The summed E-state index contributed by atoms with van der Waals surface area (Å²) < 4.78 is 5.03. The maximum atomic E-state index is 12.6. The molecule has 1 aromatic rings. The Balaban J connectivity index is 1.66. The van der Waals surface area contributed by atoms with E-state index in [1.807, 2.05) is 0 Å². The monoisotopic (exact) mass is 402 g/mol. The quantitative estimate of drug-likeness (QED) is 0.490. The Morgan fingerprint density at radius 3 is 2.55 bits per heavy atom. The van der Waals surface area contributed by atoms with Gasteiger partial charge in [-0.15, -0.1) is 0 Å². The highest BCUT2D eigenvalue weighted by atomic mass is 16.6. The molecule has 0 radical (unpaired) electrons. The van der Waals surface area contributed by atoms with Crippen molar-refractivity contribution in [2.45, 2.75) is 51.8 Å². The highest BCUT2D eigenvalue weighted by Gasteiger charge is 2.39. The van der Waals surface area contributed by atoms with Crippen molar-refractivity contribution in [3.05, 3.63) is 34.9 Å². The lowest BCUT2D eigenvalue weighted by Crippen LogP contribution is -2.52. The standard InChI is InChI=1S/C19H22N4O6/c1-19(2,3)29-18(28)22-21-15(25)10-4-5-12-11(8-10)9-23(17(12)27)13-6-7-14(24)20-16(13)26/h4-5,8,13H,6-7,9H2,1-3H3,(H,21,25)(H,22,28)(H,20,24,26). The highest BCUT2D eigenvalue weighted by Crippen LogP contribution is 2.28. The lowest BCUT2D eigenvalue weighted by Gasteiger charge is -2.29. The summed E-state index contributed by atoms with van der Waals surface area (Å²) in [4.78, 5) is 61.3. The number of hydrazine groups is 1. The number of carbonyl (C=O) groups excluding carboxylic acids is 5. The zero-order chi connectivity index (χ0) is 21.3. The predicted molar refractivity (Wildman–Crippen MR) is 99.3 cm³/mol. The van der Waals surface area contributed by atoms with Gasteiger partial charge in [-0.1, -0.05) is 0 Å². The van der Waals surface area contributed by atoms with Crippen molar-refractivity contribution in [2.75, 3.05) is 0 Å². The molecule has 3 rings (SSSR count). The van der Waals surface area contributed by atoms with Gasteiger partial charge in [-0.25, -0.2) is 10.2 Å². The van der Waals surface area contributed by atoms with Gasteiger partial charge in [0.2, 0.25) is 11.8 Å². The fraction of sp³-hybridized carbons (Fsp3) is 0.421. The first-order valence-corrected chi connectivity index (χ1v) is 9.12. The van der Waals surface area contributed by atoms with E-state index in [0.717, 1.165) is 0 Å². The summed E-state index contributed by atoms with van der Waals surface area (Å²) in [5.74, 6) is -1.76. The minimum Gasteiger partial charge on any atom is -0.443 e. The third-order valence-corrected chi connectivity index (χ3v) is 4.46. The summed E-state index contributed by atoms with van der Waals surface area (Å²) in [6.45, 7) is 5.24. The average Bonchev–Trinajstić information content (AvgIpc) is 2.94. The smallest absolute Gasteiger partial charge is 0.426 e. The van der Waals surface area contributed by atoms with E-state index in [1.165, 1.54) is 23.1 Å². The van der Waals surface area contributed by atoms with Gasteiger partial charge in [0.25, 0.3) is 11.8 Å². The van der Waals surface area contributed by atoms with Gasteiger partial charge in [0, 0.05) is 24.1 Å². The van der Waals surface area contributed by atoms with E-state index >= 15 is 0 Å². The fourth-order valence-corrected chi connectivity index (χ4v) is 3.20. The van der Waals surface area contributed by atoms with Crippen molar-refractivity contribution < 1.29 is 28.7 Å². The Labute approximate surface area is 166 Å². The van der Waals surface area contributed by atoms with Crippen LogP contribution in [0.25, 0.3) is 0 Å². The van der Waals surface area contributed by atoms with Crippen molar-refractivity contribution in [1.82, 2.24) is 21.1 Å². The van der Waals surface area contributed by atoms with E-state index in [4.69, 9.17) is 4.74 Å². The van der Waals surface area contributed by atoms with Gasteiger partial charge in [0.15, 0.2) is 0 Å². The molecule has 1 saturated heterocycles. The number of hydrogen-bond acceptors (Lipinski definition) is 6. The van der Waals surface area contributed by atoms with Crippen molar-refractivity contribution in [3.63, 3.8) is 0 Å². The van der Waals surface area contributed by atoms with Crippen LogP contribution in [0.5, 0.6) is 0 Å². The number of imide groups is 1. The van der Waals surface area contributed by atoms with E-state index in [-0.39, 0.29) is 36.8 Å². The molecule has 1 atom stereocenters. The van der Waals surface area contributed by atoms with Crippen LogP contribution in [-0.2, 0) is 20.9 Å². The van der Waals surface area contributed by atoms with Crippen LogP contribution in [0.4, 0.5) is 4.79 Å². The number of amides is 5. The third kappa shape index (κ3) is 4.53. The van der Waals surface area contributed by atoms with Crippen LogP contribution < -0.4 is 16.2 Å². The van der Waals surface area contributed by atoms with Crippen LogP contribution in [-0.4, -0.2) is 46.3 Å². The molecule has 0 spiro atoms. The SMILES string of the molecule is CC(C)(C)OC(=O)NNC(=O)c1ccc2c(c1)CN(C1CCC(=O)NC1=O)C2=O. The molecule has 1 aromatic carbocycles. The summed E-state index contributed by atoms with van der Waals surface area (Å²) in [6, 6.07) is 3.77. The van der Waals surface area contributed by atoms with Gasteiger partial charge in [-0.05, 0) is 51.0 Å². The zero-order valence-corrected chi connectivity index (χ0v) is 16.3. The van der Waals surface area contributed by atoms with Gasteiger partial charge < -0.3 is 9.64 Å².